The Morgan fingerprint density at radius 2 is 2.29 bits per heavy atom. The topological polar surface area (TPSA) is 52.7 Å². The zero-order chi connectivity index (χ0) is 12.4. The van der Waals surface area contributed by atoms with Crippen LogP contribution < -0.4 is 5.56 Å². The van der Waals surface area contributed by atoms with E-state index < -0.39 is 0 Å². The Kier molecular flexibility index (Phi) is 3.51. The highest BCUT2D eigenvalue weighted by Crippen LogP contribution is 2.08. The largest absolute Gasteiger partial charge is 0.298 e. The van der Waals surface area contributed by atoms with E-state index in [9.17, 15) is 4.79 Å². The molecule has 0 saturated carbocycles. The zero-order valence-electron chi connectivity index (χ0n) is 10.00. The molecule has 0 aliphatic carbocycles. The van der Waals surface area contributed by atoms with Crippen molar-refractivity contribution < 1.29 is 0 Å². The summed E-state index contributed by atoms with van der Waals surface area (Å²) in [4.78, 5) is 16.4. The van der Waals surface area contributed by atoms with Gasteiger partial charge in [-0.15, -0.1) is 0 Å². The third-order valence-corrected chi connectivity index (χ3v) is 3.52. The normalized spacial score (nSPS) is 13.1. The van der Waals surface area contributed by atoms with Crippen LogP contribution in [0.3, 0.4) is 0 Å². The van der Waals surface area contributed by atoms with Gasteiger partial charge in [0.2, 0.25) is 0 Å². The minimum absolute atomic E-state index is 0.0247. The molecular formula is C11H16N4OS. The summed E-state index contributed by atoms with van der Waals surface area (Å²) in [6.45, 7) is 2.76. The molecule has 0 amide bonds. The molecule has 2 aromatic rings. The first-order valence-electron chi connectivity index (χ1n) is 5.65. The van der Waals surface area contributed by atoms with Crippen LogP contribution in [0.5, 0.6) is 0 Å². The molecule has 17 heavy (non-hydrogen) atoms. The molecule has 6 heteroatoms. The highest BCUT2D eigenvalue weighted by atomic mass is 32.1. The van der Waals surface area contributed by atoms with Crippen molar-refractivity contribution >= 4 is 23.7 Å². The second-order valence-electron chi connectivity index (χ2n) is 4.16. The van der Waals surface area contributed by atoms with Crippen molar-refractivity contribution in [3.8, 4) is 0 Å². The van der Waals surface area contributed by atoms with Crippen LogP contribution in [0.15, 0.2) is 17.3 Å². The summed E-state index contributed by atoms with van der Waals surface area (Å²) in [7, 11) is 1.78. The maximum absolute atomic E-state index is 12.2. The third kappa shape index (κ3) is 2.22. The Hall–Kier alpha value is -1.30. The molecule has 5 nitrogen and oxygen atoms in total. The number of hydrogen-bond acceptors (Lipinski definition) is 4. The third-order valence-electron chi connectivity index (χ3n) is 3.01. The first kappa shape index (κ1) is 12.2. The van der Waals surface area contributed by atoms with Crippen LogP contribution in [0.4, 0.5) is 0 Å². The lowest BCUT2D eigenvalue weighted by Gasteiger charge is -2.13. The van der Waals surface area contributed by atoms with Gasteiger partial charge in [0.25, 0.3) is 5.56 Å². The van der Waals surface area contributed by atoms with Crippen molar-refractivity contribution in [2.45, 2.75) is 19.9 Å². The number of aryl methyl sites for hydroxylation is 1. The van der Waals surface area contributed by atoms with Gasteiger partial charge in [0.05, 0.1) is 12.5 Å². The van der Waals surface area contributed by atoms with Gasteiger partial charge in [-0.1, -0.05) is 13.3 Å². The van der Waals surface area contributed by atoms with Gasteiger partial charge in [-0.05, 0) is 11.7 Å². The van der Waals surface area contributed by atoms with E-state index in [0.29, 0.717) is 23.5 Å². The molecular weight excluding hydrogens is 236 g/mol. The van der Waals surface area contributed by atoms with E-state index >= 15 is 0 Å². The molecule has 92 valence electrons. The number of rotatable bonds is 4. The van der Waals surface area contributed by atoms with Gasteiger partial charge in [0, 0.05) is 13.6 Å². The van der Waals surface area contributed by atoms with Crippen molar-refractivity contribution in [3.63, 3.8) is 0 Å². The maximum atomic E-state index is 12.2. The van der Waals surface area contributed by atoms with Gasteiger partial charge in [0.1, 0.15) is 5.39 Å². The molecule has 0 bridgehead atoms. The van der Waals surface area contributed by atoms with Crippen molar-refractivity contribution in [2.24, 2.45) is 13.0 Å². The van der Waals surface area contributed by atoms with E-state index in [0.717, 1.165) is 12.2 Å². The first-order chi connectivity index (χ1) is 8.17. The number of fused-ring (bicyclic) bond motifs is 1. The molecule has 0 fully saturated rings. The standard InChI is InChI=1S/C11H16N4OS/c1-3-8(6-17)5-15-7-12-10-9(11(15)16)4-13-14(10)2/h4,7-8,17H,3,5-6H2,1-2H3. The van der Waals surface area contributed by atoms with Crippen LogP contribution in [0, 0.1) is 5.92 Å². The van der Waals surface area contributed by atoms with Gasteiger partial charge < -0.3 is 0 Å². The Bertz CT molecular complexity index is 570. The second kappa shape index (κ2) is 4.91. The molecule has 0 aromatic carbocycles. The summed E-state index contributed by atoms with van der Waals surface area (Å²) in [6, 6.07) is 0. The summed E-state index contributed by atoms with van der Waals surface area (Å²) in [6.07, 6.45) is 4.17. The van der Waals surface area contributed by atoms with E-state index in [1.54, 1.807) is 28.8 Å². The van der Waals surface area contributed by atoms with Crippen LogP contribution in [0.25, 0.3) is 11.0 Å². The zero-order valence-corrected chi connectivity index (χ0v) is 10.9. The van der Waals surface area contributed by atoms with Gasteiger partial charge >= 0.3 is 0 Å². The molecule has 0 saturated heterocycles. The monoisotopic (exact) mass is 252 g/mol. The van der Waals surface area contributed by atoms with Crippen LogP contribution in [-0.4, -0.2) is 25.1 Å². The second-order valence-corrected chi connectivity index (χ2v) is 4.53. The predicted octanol–water partition coefficient (Wildman–Crippen LogP) is 1.09. The van der Waals surface area contributed by atoms with Gasteiger partial charge in [0.15, 0.2) is 5.65 Å². The van der Waals surface area contributed by atoms with E-state index in [1.807, 2.05) is 0 Å². The van der Waals surface area contributed by atoms with Crippen LogP contribution in [-0.2, 0) is 13.6 Å². The molecule has 1 atom stereocenters. The predicted molar refractivity (Wildman–Crippen MR) is 70.4 cm³/mol. The molecule has 0 radical (unpaired) electrons. The molecule has 0 spiro atoms. The molecule has 2 rings (SSSR count). The number of hydrogen-bond donors (Lipinski definition) is 1. The van der Waals surface area contributed by atoms with Crippen molar-refractivity contribution in [3.05, 3.63) is 22.9 Å². The summed E-state index contributed by atoms with van der Waals surface area (Å²) in [5.41, 5.74) is 0.605. The highest BCUT2D eigenvalue weighted by Gasteiger charge is 2.11. The lowest BCUT2D eigenvalue weighted by atomic mass is 10.1. The summed E-state index contributed by atoms with van der Waals surface area (Å²) in [5, 5.41) is 4.62. The molecule has 0 N–H and O–H groups in total. The Balaban J connectivity index is 2.43. The lowest BCUT2D eigenvalue weighted by molar-refractivity contribution is 0.466. The highest BCUT2D eigenvalue weighted by molar-refractivity contribution is 7.80. The summed E-state index contributed by atoms with van der Waals surface area (Å²) in [5.74, 6) is 1.17. The number of nitrogens with zero attached hydrogens (tertiary/aromatic N) is 4. The number of aromatic nitrogens is 4. The molecule has 2 aromatic heterocycles. The van der Waals surface area contributed by atoms with E-state index in [2.05, 4.69) is 29.6 Å². The molecule has 0 aliphatic rings. The van der Waals surface area contributed by atoms with E-state index in [-0.39, 0.29) is 5.56 Å². The Morgan fingerprint density at radius 3 is 2.94 bits per heavy atom. The Morgan fingerprint density at radius 1 is 1.53 bits per heavy atom. The summed E-state index contributed by atoms with van der Waals surface area (Å²) < 4.78 is 3.26. The fourth-order valence-electron chi connectivity index (χ4n) is 1.79. The quantitative estimate of drug-likeness (QED) is 0.829. The van der Waals surface area contributed by atoms with Gasteiger partial charge in [-0.25, -0.2) is 4.98 Å². The lowest BCUT2D eigenvalue weighted by Crippen LogP contribution is -2.24. The fraction of sp³-hybridized carbons (Fsp3) is 0.545. The maximum Gasteiger partial charge on any atom is 0.264 e. The van der Waals surface area contributed by atoms with Crippen LogP contribution in [0.2, 0.25) is 0 Å². The summed E-state index contributed by atoms with van der Waals surface area (Å²) >= 11 is 4.29. The average molecular weight is 252 g/mol. The first-order valence-corrected chi connectivity index (χ1v) is 6.28. The van der Waals surface area contributed by atoms with Crippen molar-refractivity contribution in [1.82, 2.24) is 19.3 Å². The Labute approximate surface area is 105 Å². The molecule has 2 heterocycles. The van der Waals surface area contributed by atoms with E-state index in [4.69, 9.17) is 0 Å². The van der Waals surface area contributed by atoms with Crippen molar-refractivity contribution in [1.29, 1.82) is 0 Å². The van der Waals surface area contributed by atoms with Crippen molar-refractivity contribution in [2.75, 3.05) is 5.75 Å². The average Bonchev–Trinajstić information content (AvgIpc) is 2.71. The minimum atomic E-state index is -0.0247. The van der Waals surface area contributed by atoms with Crippen LogP contribution >= 0.6 is 12.6 Å². The van der Waals surface area contributed by atoms with Gasteiger partial charge in [-0.2, -0.15) is 17.7 Å². The molecule has 0 aliphatic heterocycles. The van der Waals surface area contributed by atoms with E-state index in [1.165, 1.54) is 0 Å². The molecule has 1 unspecified atom stereocenters. The SMILES string of the molecule is CCC(CS)Cn1cnc2c(cnn2C)c1=O. The smallest absolute Gasteiger partial charge is 0.264 e. The van der Waals surface area contributed by atoms with Crippen LogP contribution in [0.1, 0.15) is 13.3 Å². The minimum Gasteiger partial charge on any atom is -0.298 e. The number of thiol groups is 1. The fourth-order valence-corrected chi connectivity index (χ4v) is 2.16. The van der Waals surface area contributed by atoms with Gasteiger partial charge in [-0.3, -0.25) is 14.0 Å².